The smallest absolute Gasteiger partial charge is 0.125 e. The van der Waals surface area contributed by atoms with E-state index in [9.17, 15) is 0 Å². The Kier molecular flexibility index (Phi) is 4.13. The molecule has 0 spiro atoms. The van der Waals surface area contributed by atoms with Crippen LogP contribution in [0.1, 0.15) is 50.6 Å². The molecule has 0 saturated heterocycles. The van der Waals surface area contributed by atoms with Crippen molar-refractivity contribution in [3.8, 4) is 5.75 Å². The molecule has 1 aromatic rings. The van der Waals surface area contributed by atoms with E-state index in [2.05, 4.69) is 46.4 Å². The highest BCUT2D eigenvalue weighted by Gasteiger charge is 2.28. The van der Waals surface area contributed by atoms with Crippen LogP contribution in [0.4, 0.5) is 0 Å². The summed E-state index contributed by atoms with van der Waals surface area (Å²) in [7, 11) is 0. The number of fused-ring (bicyclic) bond motifs is 1. The maximum absolute atomic E-state index is 5.88. The second-order valence-corrected chi connectivity index (χ2v) is 6.82. The summed E-state index contributed by atoms with van der Waals surface area (Å²) in [6.07, 6.45) is 6.37. The molecule has 3 atom stereocenters. The molecule has 19 heavy (non-hydrogen) atoms. The Morgan fingerprint density at radius 2 is 2.11 bits per heavy atom. The lowest BCUT2D eigenvalue weighted by Gasteiger charge is -2.25. The molecule has 0 aromatic heterocycles. The largest absolute Gasteiger partial charge is 0.493 e. The number of nitrogens with one attached hydrogen (secondary N) is 1. The van der Waals surface area contributed by atoms with Crippen LogP contribution in [-0.2, 0) is 0 Å². The summed E-state index contributed by atoms with van der Waals surface area (Å²) in [4.78, 5) is 0. The Morgan fingerprint density at radius 3 is 2.89 bits per heavy atom. The van der Waals surface area contributed by atoms with Crippen molar-refractivity contribution in [2.45, 2.75) is 51.1 Å². The van der Waals surface area contributed by atoms with Gasteiger partial charge in [-0.25, -0.2) is 0 Å². The van der Waals surface area contributed by atoms with Crippen LogP contribution in [0, 0.1) is 5.92 Å². The van der Waals surface area contributed by atoms with Crippen LogP contribution < -0.4 is 10.1 Å². The molecule has 3 rings (SSSR count). The molecule has 0 amide bonds. The van der Waals surface area contributed by atoms with Gasteiger partial charge in [0.15, 0.2) is 0 Å². The van der Waals surface area contributed by atoms with Gasteiger partial charge in [-0.3, -0.25) is 0 Å². The Morgan fingerprint density at radius 1 is 1.21 bits per heavy atom. The zero-order valence-corrected chi connectivity index (χ0v) is 13.1. The van der Waals surface area contributed by atoms with Crippen LogP contribution in [0.25, 0.3) is 0 Å². The Labute approximate surface area is 124 Å². The molecule has 2 aliphatic rings. The van der Waals surface area contributed by atoms with Crippen LogP contribution in [0.3, 0.4) is 0 Å². The van der Waals surface area contributed by atoms with Gasteiger partial charge in [-0.1, -0.05) is 35.3 Å². The van der Waals surface area contributed by atoms with Gasteiger partial charge in [-0.05, 0) is 43.7 Å². The second-order valence-electron chi connectivity index (χ2n) is 5.91. The van der Waals surface area contributed by atoms with E-state index in [0.29, 0.717) is 12.1 Å². The monoisotopic (exact) mass is 323 g/mol. The fraction of sp³-hybridized carbons (Fsp3) is 0.625. The van der Waals surface area contributed by atoms with Crippen molar-refractivity contribution in [2.75, 3.05) is 6.61 Å². The molecule has 3 heteroatoms. The molecule has 0 radical (unpaired) electrons. The summed E-state index contributed by atoms with van der Waals surface area (Å²) < 4.78 is 6.98. The van der Waals surface area contributed by atoms with Crippen molar-refractivity contribution in [3.63, 3.8) is 0 Å². The van der Waals surface area contributed by atoms with E-state index in [1.807, 2.05) is 0 Å². The summed E-state index contributed by atoms with van der Waals surface area (Å²) in [5.74, 6) is 1.86. The zero-order chi connectivity index (χ0) is 13.2. The average molecular weight is 324 g/mol. The van der Waals surface area contributed by atoms with Gasteiger partial charge < -0.3 is 10.1 Å². The van der Waals surface area contributed by atoms with E-state index in [0.717, 1.165) is 29.2 Å². The lowest BCUT2D eigenvalue weighted by molar-refractivity contribution is 0.312. The van der Waals surface area contributed by atoms with Gasteiger partial charge in [0.2, 0.25) is 0 Å². The molecule has 0 bridgehead atoms. The third kappa shape index (κ3) is 2.97. The molecule has 1 heterocycles. The molecule has 1 saturated carbocycles. The molecule has 104 valence electrons. The lowest BCUT2D eigenvalue weighted by Crippen LogP contribution is -2.34. The average Bonchev–Trinajstić information content (AvgIpc) is 2.69. The fourth-order valence-corrected chi connectivity index (χ4v) is 3.71. The van der Waals surface area contributed by atoms with Gasteiger partial charge in [0.1, 0.15) is 5.75 Å². The Hall–Kier alpha value is -0.540. The first kappa shape index (κ1) is 13.4. The molecule has 2 nitrogen and oxygen atoms in total. The number of ether oxygens (including phenoxy) is 1. The molecular formula is C16H22BrNO. The highest BCUT2D eigenvalue weighted by Crippen LogP contribution is 2.36. The SMILES string of the molecule is CC1CCCC1NC1CCCOc2cc(Br)ccc21. The van der Waals surface area contributed by atoms with E-state index in [1.54, 1.807) is 0 Å². The van der Waals surface area contributed by atoms with Crippen molar-refractivity contribution < 1.29 is 4.74 Å². The van der Waals surface area contributed by atoms with Crippen LogP contribution in [0.5, 0.6) is 5.75 Å². The van der Waals surface area contributed by atoms with Gasteiger partial charge in [0, 0.05) is 22.1 Å². The van der Waals surface area contributed by atoms with E-state index < -0.39 is 0 Å². The first-order valence-electron chi connectivity index (χ1n) is 7.42. The summed E-state index contributed by atoms with van der Waals surface area (Å²) in [5, 5.41) is 3.89. The summed E-state index contributed by atoms with van der Waals surface area (Å²) in [6, 6.07) is 7.58. The second kappa shape index (κ2) is 5.84. The predicted octanol–water partition coefficient (Wildman–Crippen LogP) is 4.44. The highest BCUT2D eigenvalue weighted by molar-refractivity contribution is 9.10. The van der Waals surface area contributed by atoms with E-state index in [4.69, 9.17) is 4.74 Å². The van der Waals surface area contributed by atoms with Gasteiger partial charge in [0.05, 0.1) is 6.61 Å². The zero-order valence-electron chi connectivity index (χ0n) is 11.5. The predicted molar refractivity (Wildman–Crippen MR) is 81.6 cm³/mol. The van der Waals surface area contributed by atoms with Gasteiger partial charge in [-0.2, -0.15) is 0 Å². The lowest BCUT2D eigenvalue weighted by atomic mass is 9.98. The third-order valence-electron chi connectivity index (χ3n) is 4.52. The van der Waals surface area contributed by atoms with Crippen molar-refractivity contribution in [1.29, 1.82) is 0 Å². The molecule has 1 N–H and O–H groups in total. The summed E-state index contributed by atoms with van der Waals surface area (Å²) in [5.41, 5.74) is 1.33. The minimum atomic E-state index is 0.455. The normalized spacial score (nSPS) is 30.5. The number of hydrogen-bond donors (Lipinski definition) is 1. The van der Waals surface area contributed by atoms with E-state index >= 15 is 0 Å². The van der Waals surface area contributed by atoms with Crippen LogP contribution in [-0.4, -0.2) is 12.6 Å². The maximum atomic E-state index is 5.88. The van der Waals surface area contributed by atoms with Crippen molar-refractivity contribution in [3.05, 3.63) is 28.2 Å². The number of hydrogen-bond acceptors (Lipinski definition) is 2. The molecule has 1 aliphatic carbocycles. The molecule has 1 aliphatic heterocycles. The van der Waals surface area contributed by atoms with E-state index in [-0.39, 0.29) is 0 Å². The number of benzene rings is 1. The fourth-order valence-electron chi connectivity index (χ4n) is 3.37. The summed E-state index contributed by atoms with van der Waals surface area (Å²) >= 11 is 3.53. The number of halogens is 1. The topological polar surface area (TPSA) is 21.3 Å². The Balaban J connectivity index is 1.81. The Bertz CT molecular complexity index is 448. The standard InChI is InChI=1S/C16H22BrNO/c1-11-4-2-5-14(11)18-15-6-3-9-19-16-10-12(17)7-8-13(15)16/h7-8,10-11,14-15,18H,2-6,9H2,1H3. The quantitative estimate of drug-likeness (QED) is 0.868. The minimum absolute atomic E-state index is 0.455. The van der Waals surface area contributed by atoms with E-state index in [1.165, 1.54) is 31.2 Å². The molecule has 1 aromatic carbocycles. The maximum Gasteiger partial charge on any atom is 0.125 e. The minimum Gasteiger partial charge on any atom is -0.493 e. The summed E-state index contributed by atoms with van der Waals surface area (Å²) in [6.45, 7) is 3.21. The van der Waals surface area contributed by atoms with Crippen molar-refractivity contribution in [1.82, 2.24) is 5.32 Å². The van der Waals surface area contributed by atoms with Gasteiger partial charge >= 0.3 is 0 Å². The van der Waals surface area contributed by atoms with Crippen LogP contribution >= 0.6 is 15.9 Å². The van der Waals surface area contributed by atoms with Crippen LogP contribution in [0.2, 0.25) is 0 Å². The van der Waals surface area contributed by atoms with Gasteiger partial charge in [0.25, 0.3) is 0 Å². The highest BCUT2D eigenvalue weighted by atomic mass is 79.9. The third-order valence-corrected chi connectivity index (χ3v) is 5.02. The molecule has 3 unspecified atom stereocenters. The first-order chi connectivity index (χ1) is 9.24. The first-order valence-corrected chi connectivity index (χ1v) is 8.21. The van der Waals surface area contributed by atoms with Gasteiger partial charge in [-0.15, -0.1) is 0 Å². The number of rotatable bonds is 2. The van der Waals surface area contributed by atoms with Crippen LogP contribution in [0.15, 0.2) is 22.7 Å². The van der Waals surface area contributed by atoms with Crippen molar-refractivity contribution in [2.24, 2.45) is 5.92 Å². The van der Waals surface area contributed by atoms with Crippen molar-refractivity contribution >= 4 is 15.9 Å². The molecular weight excluding hydrogens is 302 g/mol. The molecule has 1 fully saturated rings.